The molecule has 0 aliphatic rings. The summed E-state index contributed by atoms with van der Waals surface area (Å²) in [5.74, 6) is 0.578. The molecule has 0 amide bonds. The summed E-state index contributed by atoms with van der Waals surface area (Å²) in [5, 5.41) is 12.7. The van der Waals surface area contributed by atoms with E-state index in [-0.39, 0.29) is 11.5 Å². The van der Waals surface area contributed by atoms with Crippen molar-refractivity contribution in [3.63, 3.8) is 0 Å². The minimum Gasteiger partial charge on any atom is -0.396 e. The number of nitrogens with zero attached hydrogens (tertiary/aromatic N) is 3. The molecule has 0 aliphatic carbocycles. The number of sulfonamides is 1. The predicted molar refractivity (Wildman–Crippen MR) is 75.9 cm³/mol. The van der Waals surface area contributed by atoms with Gasteiger partial charge in [0.05, 0.1) is 12.2 Å². The zero-order valence-corrected chi connectivity index (χ0v) is 12.5. The van der Waals surface area contributed by atoms with Crippen LogP contribution in [0.15, 0.2) is 29.7 Å². The largest absolute Gasteiger partial charge is 0.396 e. The van der Waals surface area contributed by atoms with E-state index < -0.39 is 16.1 Å². The summed E-state index contributed by atoms with van der Waals surface area (Å²) in [6.07, 6.45) is 7.09. The second-order valence-electron chi connectivity index (χ2n) is 4.57. The molecule has 2 rings (SSSR count). The summed E-state index contributed by atoms with van der Waals surface area (Å²) in [7, 11) is -3.66. The van der Waals surface area contributed by atoms with Crippen molar-refractivity contribution in [2.24, 2.45) is 0 Å². The smallest absolute Gasteiger partial charge is 0.244 e. The molecule has 2 aromatic rings. The van der Waals surface area contributed by atoms with Crippen molar-refractivity contribution in [1.82, 2.24) is 24.5 Å². The van der Waals surface area contributed by atoms with Crippen molar-refractivity contribution in [1.29, 1.82) is 0 Å². The highest BCUT2D eigenvalue weighted by Crippen LogP contribution is 2.16. The molecule has 0 fully saturated rings. The number of aliphatic hydroxyl groups excluding tert-OH is 1. The van der Waals surface area contributed by atoms with Gasteiger partial charge in [-0.25, -0.2) is 18.1 Å². The van der Waals surface area contributed by atoms with E-state index in [2.05, 4.69) is 19.8 Å². The van der Waals surface area contributed by atoms with Gasteiger partial charge in [0, 0.05) is 31.7 Å². The van der Waals surface area contributed by atoms with Crippen LogP contribution >= 0.6 is 0 Å². The average Bonchev–Trinajstić information content (AvgIpc) is 3.13. The molecule has 0 saturated heterocycles. The van der Waals surface area contributed by atoms with Gasteiger partial charge in [0.25, 0.3) is 0 Å². The number of hydrogen-bond donors (Lipinski definition) is 3. The molecule has 0 aliphatic heterocycles. The van der Waals surface area contributed by atoms with E-state index in [0.717, 1.165) is 0 Å². The SMILES string of the molecule is CCC(NS(=O)(=O)c1cnn(CCCO)c1)c1ncc[nH]1. The van der Waals surface area contributed by atoms with E-state index in [0.29, 0.717) is 25.2 Å². The molecular weight excluding hydrogens is 294 g/mol. The molecule has 2 aromatic heterocycles. The van der Waals surface area contributed by atoms with Gasteiger partial charge in [-0.2, -0.15) is 5.10 Å². The first-order chi connectivity index (χ1) is 10.1. The van der Waals surface area contributed by atoms with E-state index in [9.17, 15) is 8.42 Å². The number of aliphatic hydroxyl groups is 1. The Morgan fingerprint density at radius 3 is 2.95 bits per heavy atom. The number of aromatic amines is 1. The molecule has 0 saturated carbocycles. The Kier molecular flexibility index (Phi) is 5.10. The van der Waals surface area contributed by atoms with Crippen molar-refractivity contribution in [3.05, 3.63) is 30.6 Å². The minimum atomic E-state index is -3.66. The minimum absolute atomic E-state index is 0.0383. The topological polar surface area (TPSA) is 113 Å². The highest BCUT2D eigenvalue weighted by molar-refractivity contribution is 7.89. The lowest BCUT2D eigenvalue weighted by atomic mass is 10.2. The summed E-state index contributed by atoms with van der Waals surface area (Å²) < 4.78 is 28.8. The molecule has 9 heteroatoms. The number of imidazole rings is 1. The summed E-state index contributed by atoms with van der Waals surface area (Å²) in [5.41, 5.74) is 0. The van der Waals surface area contributed by atoms with Gasteiger partial charge in [-0.15, -0.1) is 0 Å². The fraction of sp³-hybridized carbons (Fsp3) is 0.500. The molecule has 0 spiro atoms. The van der Waals surface area contributed by atoms with E-state index in [1.54, 1.807) is 12.4 Å². The van der Waals surface area contributed by atoms with Gasteiger partial charge in [-0.1, -0.05) is 6.92 Å². The van der Waals surface area contributed by atoms with Crippen LogP contribution < -0.4 is 4.72 Å². The first kappa shape index (κ1) is 15.7. The van der Waals surface area contributed by atoms with Crippen molar-refractivity contribution in [2.45, 2.75) is 37.2 Å². The number of nitrogens with one attached hydrogen (secondary N) is 2. The highest BCUT2D eigenvalue weighted by atomic mass is 32.2. The lowest BCUT2D eigenvalue weighted by Gasteiger charge is -2.13. The number of aromatic nitrogens is 4. The third-order valence-electron chi connectivity index (χ3n) is 3.02. The van der Waals surface area contributed by atoms with E-state index in [4.69, 9.17) is 5.11 Å². The van der Waals surface area contributed by atoms with Crippen molar-refractivity contribution in [2.75, 3.05) is 6.61 Å². The average molecular weight is 313 g/mol. The molecule has 1 unspecified atom stereocenters. The van der Waals surface area contributed by atoms with Crippen LogP contribution in [-0.2, 0) is 16.6 Å². The molecule has 116 valence electrons. The lowest BCUT2D eigenvalue weighted by molar-refractivity contribution is 0.277. The highest BCUT2D eigenvalue weighted by Gasteiger charge is 2.23. The van der Waals surface area contributed by atoms with Gasteiger partial charge in [-0.3, -0.25) is 4.68 Å². The second kappa shape index (κ2) is 6.83. The maximum Gasteiger partial charge on any atom is 0.244 e. The Bertz CT molecular complexity index is 650. The van der Waals surface area contributed by atoms with E-state index in [1.165, 1.54) is 17.1 Å². The number of aryl methyl sites for hydroxylation is 1. The van der Waals surface area contributed by atoms with Crippen LogP contribution in [0.5, 0.6) is 0 Å². The van der Waals surface area contributed by atoms with Gasteiger partial charge in [-0.05, 0) is 12.8 Å². The molecule has 1 atom stereocenters. The molecule has 8 nitrogen and oxygen atoms in total. The van der Waals surface area contributed by atoms with Crippen LogP contribution in [0.1, 0.15) is 31.6 Å². The first-order valence-electron chi connectivity index (χ1n) is 6.71. The molecule has 3 N–H and O–H groups in total. The third kappa shape index (κ3) is 3.90. The van der Waals surface area contributed by atoms with Crippen molar-refractivity contribution >= 4 is 10.0 Å². The summed E-state index contributed by atoms with van der Waals surface area (Å²) in [6.45, 7) is 2.39. The number of hydrogen-bond acceptors (Lipinski definition) is 5. The number of rotatable bonds is 8. The van der Waals surface area contributed by atoms with Crippen LogP contribution in [-0.4, -0.2) is 39.9 Å². The van der Waals surface area contributed by atoms with E-state index in [1.807, 2.05) is 6.92 Å². The predicted octanol–water partition coefficient (Wildman–Crippen LogP) is 0.418. The normalized spacial score (nSPS) is 13.4. The standard InChI is InChI=1S/C12H19N5O3S/c1-2-11(12-13-4-5-14-12)16-21(19,20)10-8-15-17(9-10)6-3-7-18/h4-5,8-9,11,16,18H,2-3,6-7H2,1H3,(H,13,14). The maximum atomic E-state index is 12.3. The Labute approximate surface area is 123 Å². The lowest BCUT2D eigenvalue weighted by Crippen LogP contribution is -2.28. The third-order valence-corrected chi connectivity index (χ3v) is 4.45. The van der Waals surface area contributed by atoms with Crippen LogP contribution in [0, 0.1) is 0 Å². The van der Waals surface area contributed by atoms with E-state index >= 15 is 0 Å². The van der Waals surface area contributed by atoms with Crippen LogP contribution in [0.2, 0.25) is 0 Å². The maximum absolute atomic E-state index is 12.3. The fourth-order valence-electron chi connectivity index (χ4n) is 1.89. The van der Waals surface area contributed by atoms with Crippen LogP contribution in [0.3, 0.4) is 0 Å². The Balaban J connectivity index is 2.12. The molecule has 2 heterocycles. The van der Waals surface area contributed by atoms with Crippen molar-refractivity contribution in [3.8, 4) is 0 Å². The second-order valence-corrected chi connectivity index (χ2v) is 6.29. The summed E-state index contributed by atoms with van der Waals surface area (Å²) in [6, 6.07) is -0.411. The molecule has 0 aromatic carbocycles. The van der Waals surface area contributed by atoms with Gasteiger partial charge in [0.2, 0.25) is 10.0 Å². The summed E-state index contributed by atoms with van der Waals surface area (Å²) in [4.78, 5) is 7.09. The fourth-order valence-corrected chi connectivity index (χ4v) is 3.13. The Hall–Kier alpha value is -1.71. The Morgan fingerprint density at radius 1 is 1.52 bits per heavy atom. The van der Waals surface area contributed by atoms with Gasteiger partial charge < -0.3 is 10.1 Å². The molecule has 21 heavy (non-hydrogen) atoms. The van der Waals surface area contributed by atoms with Gasteiger partial charge in [0.1, 0.15) is 10.7 Å². The molecule has 0 bridgehead atoms. The Morgan fingerprint density at radius 2 is 2.33 bits per heavy atom. The number of H-pyrrole nitrogens is 1. The molecular formula is C12H19N5O3S. The zero-order chi connectivity index (χ0) is 15.3. The quantitative estimate of drug-likeness (QED) is 0.653. The van der Waals surface area contributed by atoms with Gasteiger partial charge >= 0.3 is 0 Å². The molecule has 0 radical (unpaired) electrons. The zero-order valence-electron chi connectivity index (χ0n) is 11.7. The van der Waals surface area contributed by atoms with Crippen LogP contribution in [0.25, 0.3) is 0 Å². The van der Waals surface area contributed by atoms with Crippen LogP contribution in [0.4, 0.5) is 0 Å². The monoisotopic (exact) mass is 313 g/mol. The van der Waals surface area contributed by atoms with Crippen molar-refractivity contribution < 1.29 is 13.5 Å². The van der Waals surface area contributed by atoms with Gasteiger partial charge in [0.15, 0.2) is 0 Å². The summed E-state index contributed by atoms with van der Waals surface area (Å²) >= 11 is 0. The first-order valence-corrected chi connectivity index (χ1v) is 8.20.